The molecule has 1 aliphatic rings. The molecule has 0 saturated carbocycles. The van der Waals surface area contributed by atoms with E-state index in [1.54, 1.807) is 7.11 Å². The highest BCUT2D eigenvalue weighted by Gasteiger charge is 2.41. The third-order valence-electron chi connectivity index (χ3n) is 3.17. The molecule has 1 aliphatic heterocycles. The van der Waals surface area contributed by atoms with Crippen molar-refractivity contribution in [2.45, 2.75) is 19.4 Å². The molecular formula is C11H24N2O2. The van der Waals surface area contributed by atoms with Gasteiger partial charge in [-0.2, -0.15) is 0 Å². The maximum absolute atomic E-state index is 6.19. The second-order valence-corrected chi connectivity index (χ2v) is 4.70. The Bertz CT molecular complexity index is 179. The lowest BCUT2D eigenvalue weighted by Crippen LogP contribution is -2.70. The molecule has 1 heterocycles. The predicted molar refractivity (Wildman–Crippen MR) is 60.9 cm³/mol. The quantitative estimate of drug-likeness (QED) is 0.623. The van der Waals surface area contributed by atoms with Crippen LogP contribution in [0.2, 0.25) is 0 Å². The zero-order valence-electron chi connectivity index (χ0n) is 10.2. The lowest BCUT2D eigenvalue weighted by atomic mass is 9.80. The average molecular weight is 216 g/mol. The number of hydrogen-bond donors (Lipinski definition) is 1. The van der Waals surface area contributed by atoms with Crippen molar-refractivity contribution in [3.05, 3.63) is 0 Å². The third kappa shape index (κ3) is 3.72. The summed E-state index contributed by atoms with van der Waals surface area (Å²) in [4.78, 5) is 2.34. The summed E-state index contributed by atoms with van der Waals surface area (Å²) in [5, 5.41) is 0. The molecule has 0 aliphatic carbocycles. The highest BCUT2D eigenvalue weighted by molar-refractivity contribution is 5.01. The lowest BCUT2D eigenvalue weighted by molar-refractivity contribution is 0.00215. The molecule has 1 rings (SSSR count). The van der Waals surface area contributed by atoms with Crippen LogP contribution in [-0.4, -0.2) is 57.0 Å². The van der Waals surface area contributed by atoms with Gasteiger partial charge in [-0.1, -0.05) is 13.8 Å². The summed E-state index contributed by atoms with van der Waals surface area (Å²) in [5.41, 5.74) is 6.22. The van der Waals surface area contributed by atoms with E-state index in [2.05, 4.69) is 18.7 Å². The first-order valence-corrected chi connectivity index (χ1v) is 5.66. The number of hydrogen-bond acceptors (Lipinski definition) is 4. The van der Waals surface area contributed by atoms with Crippen molar-refractivity contribution in [2.24, 2.45) is 11.7 Å². The first kappa shape index (κ1) is 12.9. The molecule has 0 unspecified atom stereocenters. The molecule has 2 N–H and O–H groups in total. The minimum atomic E-state index is 0.0343. The number of ether oxygens (including phenoxy) is 2. The van der Waals surface area contributed by atoms with Crippen LogP contribution in [0.25, 0.3) is 0 Å². The lowest BCUT2D eigenvalue weighted by Gasteiger charge is -2.50. The Balaban J connectivity index is 1.98. The summed E-state index contributed by atoms with van der Waals surface area (Å²) in [7, 11) is 1.68. The number of rotatable bonds is 7. The smallest absolute Gasteiger partial charge is 0.0700 e. The number of likely N-dealkylation sites (tertiary alicyclic amines) is 1. The molecule has 0 amide bonds. The molecule has 0 spiro atoms. The number of nitrogens with two attached hydrogens (primary N) is 1. The van der Waals surface area contributed by atoms with Crippen molar-refractivity contribution in [2.75, 3.05) is 46.6 Å². The van der Waals surface area contributed by atoms with Crippen LogP contribution >= 0.6 is 0 Å². The van der Waals surface area contributed by atoms with E-state index in [4.69, 9.17) is 15.2 Å². The van der Waals surface area contributed by atoms with Crippen LogP contribution in [0, 0.1) is 5.92 Å². The minimum absolute atomic E-state index is 0.0343. The summed E-state index contributed by atoms with van der Waals surface area (Å²) in [6, 6.07) is 0. The molecule has 90 valence electrons. The Morgan fingerprint density at radius 2 is 1.93 bits per heavy atom. The second kappa shape index (κ2) is 5.80. The summed E-state index contributed by atoms with van der Waals surface area (Å²) >= 11 is 0. The van der Waals surface area contributed by atoms with E-state index in [9.17, 15) is 0 Å². The van der Waals surface area contributed by atoms with Gasteiger partial charge in [0, 0.05) is 32.3 Å². The predicted octanol–water partition coefficient (Wildman–Crippen LogP) is 0.319. The van der Waals surface area contributed by atoms with Crippen molar-refractivity contribution < 1.29 is 9.47 Å². The van der Waals surface area contributed by atoms with Crippen LogP contribution in [0.3, 0.4) is 0 Å². The van der Waals surface area contributed by atoms with E-state index in [-0.39, 0.29) is 5.54 Å². The van der Waals surface area contributed by atoms with E-state index in [1.807, 2.05) is 0 Å². The Labute approximate surface area is 92.7 Å². The Hall–Kier alpha value is -0.160. The van der Waals surface area contributed by atoms with Crippen molar-refractivity contribution in [3.8, 4) is 0 Å². The van der Waals surface area contributed by atoms with Crippen molar-refractivity contribution in [3.63, 3.8) is 0 Å². The summed E-state index contributed by atoms with van der Waals surface area (Å²) in [6.45, 7) is 9.48. The van der Waals surface area contributed by atoms with Gasteiger partial charge in [-0.3, -0.25) is 4.90 Å². The normalized spacial score (nSPS) is 20.6. The minimum Gasteiger partial charge on any atom is -0.382 e. The van der Waals surface area contributed by atoms with E-state index in [1.165, 1.54) is 0 Å². The molecule has 4 nitrogen and oxygen atoms in total. The van der Waals surface area contributed by atoms with Gasteiger partial charge < -0.3 is 15.2 Å². The van der Waals surface area contributed by atoms with Crippen LogP contribution in [0.15, 0.2) is 0 Å². The summed E-state index contributed by atoms with van der Waals surface area (Å²) in [5.74, 6) is 0.558. The first-order valence-electron chi connectivity index (χ1n) is 5.66. The molecule has 1 saturated heterocycles. The zero-order chi connectivity index (χ0) is 11.3. The Morgan fingerprint density at radius 1 is 1.27 bits per heavy atom. The molecule has 0 bridgehead atoms. The number of nitrogens with zero attached hydrogens (tertiary/aromatic N) is 1. The SMILES string of the molecule is COCCOCCN1CC(N)(C(C)C)C1. The third-order valence-corrected chi connectivity index (χ3v) is 3.17. The van der Waals surface area contributed by atoms with Crippen molar-refractivity contribution in [1.82, 2.24) is 4.90 Å². The van der Waals surface area contributed by atoms with Gasteiger partial charge in [0.15, 0.2) is 0 Å². The molecule has 4 heteroatoms. The van der Waals surface area contributed by atoms with Gasteiger partial charge >= 0.3 is 0 Å². The average Bonchev–Trinajstić information content (AvgIpc) is 2.14. The summed E-state index contributed by atoms with van der Waals surface area (Å²) < 4.78 is 10.3. The fourth-order valence-corrected chi connectivity index (χ4v) is 1.75. The van der Waals surface area contributed by atoms with E-state index in [0.717, 1.165) is 26.2 Å². The fraction of sp³-hybridized carbons (Fsp3) is 1.00. The standard InChI is InChI=1S/C11H24N2O2/c1-10(2)11(12)8-13(9-11)4-5-15-7-6-14-3/h10H,4-9,12H2,1-3H3. The molecule has 0 aromatic carbocycles. The monoisotopic (exact) mass is 216 g/mol. The van der Waals surface area contributed by atoms with Crippen molar-refractivity contribution in [1.29, 1.82) is 0 Å². The van der Waals surface area contributed by atoms with Gasteiger partial charge in [-0.15, -0.1) is 0 Å². The van der Waals surface area contributed by atoms with Gasteiger partial charge in [0.05, 0.1) is 19.8 Å². The molecule has 0 aromatic rings. The molecule has 0 atom stereocenters. The highest BCUT2D eigenvalue weighted by Crippen LogP contribution is 2.25. The van der Waals surface area contributed by atoms with E-state index >= 15 is 0 Å². The van der Waals surface area contributed by atoms with Crippen LogP contribution in [0.5, 0.6) is 0 Å². The van der Waals surface area contributed by atoms with Crippen LogP contribution in [0.4, 0.5) is 0 Å². The van der Waals surface area contributed by atoms with Gasteiger partial charge in [0.25, 0.3) is 0 Å². The van der Waals surface area contributed by atoms with Gasteiger partial charge in [0.2, 0.25) is 0 Å². The maximum Gasteiger partial charge on any atom is 0.0700 e. The van der Waals surface area contributed by atoms with E-state index < -0.39 is 0 Å². The molecule has 0 aromatic heterocycles. The molecule has 1 fully saturated rings. The van der Waals surface area contributed by atoms with Crippen LogP contribution in [-0.2, 0) is 9.47 Å². The molecule has 15 heavy (non-hydrogen) atoms. The second-order valence-electron chi connectivity index (χ2n) is 4.70. The van der Waals surface area contributed by atoms with Gasteiger partial charge in [-0.05, 0) is 5.92 Å². The van der Waals surface area contributed by atoms with Crippen molar-refractivity contribution >= 4 is 0 Å². The molecular weight excluding hydrogens is 192 g/mol. The van der Waals surface area contributed by atoms with E-state index in [0.29, 0.717) is 19.1 Å². The molecule has 0 radical (unpaired) electrons. The largest absolute Gasteiger partial charge is 0.382 e. The summed E-state index contributed by atoms with van der Waals surface area (Å²) in [6.07, 6.45) is 0. The fourth-order valence-electron chi connectivity index (χ4n) is 1.75. The maximum atomic E-state index is 6.19. The van der Waals surface area contributed by atoms with Crippen LogP contribution in [0.1, 0.15) is 13.8 Å². The Morgan fingerprint density at radius 3 is 2.47 bits per heavy atom. The van der Waals surface area contributed by atoms with Crippen LogP contribution < -0.4 is 5.73 Å². The van der Waals surface area contributed by atoms with Gasteiger partial charge in [-0.25, -0.2) is 0 Å². The topological polar surface area (TPSA) is 47.7 Å². The first-order chi connectivity index (χ1) is 7.08. The zero-order valence-corrected chi connectivity index (χ0v) is 10.2. The number of methoxy groups -OCH3 is 1. The van der Waals surface area contributed by atoms with Gasteiger partial charge in [0.1, 0.15) is 0 Å². The highest BCUT2D eigenvalue weighted by atomic mass is 16.5. The Kier molecular flexibility index (Phi) is 4.99.